The van der Waals surface area contributed by atoms with Crippen molar-refractivity contribution in [2.75, 3.05) is 0 Å². The standard InChI is InChI=1S/2C5H4N4O/c2*10-5-3-4(7-1-6-3)8-2-9-5/h2*1-2H,(H2,6,7,8,9,10). The van der Waals surface area contributed by atoms with Gasteiger partial charge in [-0.2, -0.15) is 0 Å². The molecule has 4 aromatic heterocycles. The topological polar surface area (TPSA) is 149 Å². The van der Waals surface area contributed by atoms with Gasteiger partial charge in [-0.15, -0.1) is 0 Å². The first-order valence-corrected chi connectivity index (χ1v) is 5.49. The van der Waals surface area contributed by atoms with E-state index in [1.54, 1.807) is 0 Å². The molecule has 0 aliphatic rings. The van der Waals surface area contributed by atoms with Crippen LogP contribution in [0.4, 0.5) is 0 Å². The van der Waals surface area contributed by atoms with Crippen LogP contribution in [0.3, 0.4) is 0 Å². The number of hydrogen-bond donors (Lipinski definition) is 4. The van der Waals surface area contributed by atoms with Gasteiger partial charge in [0.15, 0.2) is 22.3 Å². The van der Waals surface area contributed by atoms with Gasteiger partial charge in [-0.1, -0.05) is 0 Å². The number of aromatic nitrogens is 8. The first-order chi connectivity index (χ1) is 9.75. The van der Waals surface area contributed by atoms with Crippen LogP contribution in [0.1, 0.15) is 0 Å². The highest BCUT2D eigenvalue weighted by molar-refractivity contribution is 5.67. The molecule has 0 saturated heterocycles. The third-order valence-corrected chi connectivity index (χ3v) is 2.46. The van der Waals surface area contributed by atoms with Crippen LogP contribution < -0.4 is 11.1 Å². The molecule has 0 aliphatic carbocycles. The summed E-state index contributed by atoms with van der Waals surface area (Å²) in [5.41, 5.74) is 1.35. The minimum atomic E-state index is -0.192. The molecular weight excluding hydrogens is 264 g/mol. The van der Waals surface area contributed by atoms with E-state index in [1.165, 1.54) is 25.3 Å². The summed E-state index contributed by atoms with van der Waals surface area (Å²) in [4.78, 5) is 47.1. The Bertz CT molecular complexity index is 882. The van der Waals surface area contributed by atoms with Crippen molar-refractivity contribution in [2.24, 2.45) is 0 Å². The van der Waals surface area contributed by atoms with E-state index in [0.29, 0.717) is 22.3 Å². The number of nitrogens with one attached hydrogen (secondary N) is 4. The maximum atomic E-state index is 10.9. The van der Waals surface area contributed by atoms with Crippen LogP contribution in [0.5, 0.6) is 0 Å². The minimum Gasteiger partial charge on any atom is -0.339 e. The Hall–Kier alpha value is -3.30. The van der Waals surface area contributed by atoms with Gasteiger partial charge in [0.05, 0.1) is 25.3 Å². The fourth-order valence-corrected chi connectivity index (χ4v) is 1.55. The molecule has 0 spiro atoms. The average Bonchev–Trinajstić information content (AvgIpc) is 3.08. The highest BCUT2D eigenvalue weighted by Gasteiger charge is 1.98. The first kappa shape index (κ1) is 11.8. The second-order valence-corrected chi connectivity index (χ2v) is 3.67. The molecule has 4 rings (SSSR count). The van der Waals surface area contributed by atoms with Gasteiger partial charge < -0.3 is 19.9 Å². The third-order valence-electron chi connectivity index (χ3n) is 2.46. The van der Waals surface area contributed by atoms with Gasteiger partial charge in [0.1, 0.15) is 0 Å². The Kier molecular flexibility index (Phi) is 2.80. The Morgan fingerprint density at radius 3 is 1.30 bits per heavy atom. The number of H-pyrrole nitrogens is 4. The molecule has 0 bridgehead atoms. The van der Waals surface area contributed by atoms with Crippen molar-refractivity contribution in [3.8, 4) is 0 Å². The van der Waals surface area contributed by atoms with Crippen LogP contribution in [-0.4, -0.2) is 39.9 Å². The Labute approximate surface area is 109 Å². The molecule has 0 atom stereocenters. The van der Waals surface area contributed by atoms with E-state index in [4.69, 9.17) is 0 Å². The van der Waals surface area contributed by atoms with Crippen molar-refractivity contribution in [3.63, 3.8) is 0 Å². The fraction of sp³-hybridized carbons (Fsp3) is 0. The second-order valence-electron chi connectivity index (χ2n) is 3.67. The van der Waals surface area contributed by atoms with Crippen molar-refractivity contribution in [3.05, 3.63) is 46.0 Å². The molecule has 100 valence electrons. The van der Waals surface area contributed by atoms with Gasteiger partial charge in [0.2, 0.25) is 0 Å². The number of rotatable bonds is 0. The number of hydrogen-bond acceptors (Lipinski definition) is 6. The molecule has 0 unspecified atom stereocenters. The van der Waals surface area contributed by atoms with Crippen LogP contribution in [0.15, 0.2) is 34.9 Å². The van der Waals surface area contributed by atoms with E-state index in [-0.39, 0.29) is 11.1 Å². The smallest absolute Gasteiger partial charge is 0.276 e. The molecule has 0 aliphatic heterocycles. The molecule has 4 N–H and O–H groups in total. The van der Waals surface area contributed by atoms with E-state index >= 15 is 0 Å². The van der Waals surface area contributed by atoms with Gasteiger partial charge in [0, 0.05) is 0 Å². The van der Waals surface area contributed by atoms with Gasteiger partial charge in [-0.25, -0.2) is 19.9 Å². The summed E-state index contributed by atoms with van der Waals surface area (Å²) in [6.45, 7) is 0. The summed E-state index contributed by atoms with van der Waals surface area (Å²) in [6, 6.07) is 0. The maximum absolute atomic E-state index is 10.9. The Balaban J connectivity index is 0.000000121. The zero-order valence-corrected chi connectivity index (χ0v) is 9.91. The molecule has 4 heterocycles. The van der Waals surface area contributed by atoms with Gasteiger partial charge in [-0.05, 0) is 0 Å². The number of aromatic amines is 4. The summed E-state index contributed by atoms with van der Waals surface area (Å²) in [5.74, 6) is 0. The number of imidazole rings is 2. The molecule has 0 radical (unpaired) electrons. The minimum absolute atomic E-state index is 0.192. The summed E-state index contributed by atoms with van der Waals surface area (Å²) in [6.07, 6.45) is 5.52. The van der Waals surface area contributed by atoms with Crippen LogP contribution in [-0.2, 0) is 0 Å². The molecule has 4 aromatic rings. The molecule has 0 amide bonds. The lowest BCUT2D eigenvalue weighted by Crippen LogP contribution is -2.05. The zero-order valence-electron chi connectivity index (χ0n) is 9.91. The van der Waals surface area contributed by atoms with Crippen molar-refractivity contribution in [2.45, 2.75) is 0 Å². The average molecular weight is 272 g/mol. The van der Waals surface area contributed by atoms with Crippen LogP contribution in [0.2, 0.25) is 0 Å². The van der Waals surface area contributed by atoms with E-state index in [0.717, 1.165) is 0 Å². The van der Waals surface area contributed by atoms with Crippen molar-refractivity contribution in [1.82, 2.24) is 39.9 Å². The van der Waals surface area contributed by atoms with Crippen molar-refractivity contribution < 1.29 is 0 Å². The lowest BCUT2D eigenvalue weighted by Gasteiger charge is -1.81. The predicted octanol–water partition coefficient (Wildman–Crippen LogP) is -0.708. The van der Waals surface area contributed by atoms with Crippen molar-refractivity contribution in [1.29, 1.82) is 0 Å². The summed E-state index contributed by atoms with van der Waals surface area (Å²) < 4.78 is 0. The zero-order chi connectivity index (χ0) is 13.9. The maximum Gasteiger partial charge on any atom is 0.276 e. The molecule has 20 heavy (non-hydrogen) atoms. The van der Waals surface area contributed by atoms with Crippen LogP contribution in [0, 0.1) is 0 Å². The summed E-state index contributed by atoms with van der Waals surface area (Å²) in [7, 11) is 0. The molecular formula is C10H8N8O2. The third kappa shape index (κ3) is 2.05. The monoisotopic (exact) mass is 272 g/mol. The number of nitrogens with zero attached hydrogens (tertiary/aromatic N) is 4. The number of fused-ring (bicyclic) bond motifs is 2. The SMILES string of the molecule is O=c1[nH]cnc2nc[nH]c12.O=c1[nH]cnc2nc[nH]c12. The molecule has 0 fully saturated rings. The largest absolute Gasteiger partial charge is 0.339 e. The van der Waals surface area contributed by atoms with Crippen LogP contribution in [0.25, 0.3) is 22.3 Å². The highest BCUT2D eigenvalue weighted by atomic mass is 16.1. The van der Waals surface area contributed by atoms with Crippen molar-refractivity contribution >= 4 is 22.3 Å². The molecule has 10 nitrogen and oxygen atoms in total. The lowest BCUT2D eigenvalue weighted by atomic mass is 10.6. The quantitative estimate of drug-likeness (QED) is 0.332. The molecule has 0 aromatic carbocycles. The Morgan fingerprint density at radius 2 is 0.950 bits per heavy atom. The first-order valence-electron chi connectivity index (χ1n) is 5.49. The second kappa shape index (κ2) is 4.76. The fourth-order valence-electron chi connectivity index (χ4n) is 1.55. The van der Waals surface area contributed by atoms with E-state index in [2.05, 4.69) is 39.9 Å². The predicted molar refractivity (Wildman–Crippen MR) is 69.0 cm³/mol. The van der Waals surface area contributed by atoms with E-state index in [9.17, 15) is 9.59 Å². The Morgan fingerprint density at radius 1 is 0.600 bits per heavy atom. The van der Waals surface area contributed by atoms with E-state index in [1.807, 2.05) is 0 Å². The lowest BCUT2D eigenvalue weighted by molar-refractivity contribution is 1.15. The van der Waals surface area contributed by atoms with Gasteiger partial charge >= 0.3 is 0 Å². The molecule has 0 saturated carbocycles. The van der Waals surface area contributed by atoms with Crippen LogP contribution >= 0.6 is 0 Å². The van der Waals surface area contributed by atoms with E-state index < -0.39 is 0 Å². The summed E-state index contributed by atoms with van der Waals surface area (Å²) >= 11 is 0. The summed E-state index contributed by atoms with van der Waals surface area (Å²) in [5, 5.41) is 0. The molecule has 10 heteroatoms. The normalized spacial score (nSPS) is 10.4. The highest BCUT2D eigenvalue weighted by Crippen LogP contribution is 1.94. The van der Waals surface area contributed by atoms with Gasteiger partial charge in [0.25, 0.3) is 11.1 Å². The van der Waals surface area contributed by atoms with Gasteiger partial charge in [-0.3, -0.25) is 9.59 Å².